The van der Waals surface area contributed by atoms with Gasteiger partial charge in [0.25, 0.3) is 0 Å². The molecule has 1 saturated heterocycles. The van der Waals surface area contributed by atoms with E-state index in [1.165, 1.54) is 17.3 Å². The van der Waals surface area contributed by atoms with E-state index in [9.17, 15) is 13.2 Å². The van der Waals surface area contributed by atoms with E-state index < -0.39 is 9.84 Å². The van der Waals surface area contributed by atoms with Gasteiger partial charge in [0, 0.05) is 16.6 Å². The molecule has 0 spiro atoms. The summed E-state index contributed by atoms with van der Waals surface area (Å²) >= 11 is 1.46. The minimum Gasteiger partial charge on any atom is -0.325 e. The zero-order valence-electron chi connectivity index (χ0n) is 17.3. The summed E-state index contributed by atoms with van der Waals surface area (Å²) in [7, 11) is -3.02. The van der Waals surface area contributed by atoms with Crippen LogP contribution in [0, 0.1) is 20.8 Å². The number of nitrogens with zero attached hydrogens (tertiary/aromatic N) is 2. The SMILES string of the molecule is Cc1ccc(NC(=O)CN(C2=N[C@@H]3CS(=O)(=O)C[C@@H]3S2)c2ccc(C)c(C)c2)cc1. The Hall–Kier alpha value is -2.32. The van der Waals surface area contributed by atoms with Gasteiger partial charge in [-0.1, -0.05) is 35.5 Å². The number of aryl methyl sites for hydroxylation is 3. The maximum atomic E-state index is 12.8. The van der Waals surface area contributed by atoms with Gasteiger partial charge in [0.05, 0.1) is 17.5 Å². The molecule has 8 heteroatoms. The second-order valence-corrected chi connectivity index (χ2v) is 11.3. The Morgan fingerprint density at radius 1 is 1.10 bits per heavy atom. The lowest BCUT2D eigenvalue weighted by molar-refractivity contribution is -0.114. The number of aliphatic imine (C=N–C) groups is 1. The summed E-state index contributed by atoms with van der Waals surface area (Å²) in [6, 6.07) is 13.5. The fourth-order valence-corrected chi connectivity index (χ4v) is 7.40. The van der Waals surface area contributed by atoms with Crippen LogP contribution in [0.1, 0.15) is 16.7 Å². The van der Waals surface area contributed by atoms with Crippen molar-refractivity contribution in [1.82, 2.24) is 0 Å². The number of thioether (sulfide) groups is 1. The number of hydrogen-bond donors (Lipinski definition) is 1. The minimum absolute atomic E-state index is 0.0702. The van der Waals surface area contributed by atoms with Crippen LogP contribution in [-0.4, -0.2) is 48.8 Å². The first-order valence-corrected chi connectivity index (χ1v) is 12.6. The van der Waals surface area contributed by atoms with E-state index >= 15 is 0 Å². The summed E-state index contributed by atoms with van der Waals surface area (Å²) in [6.45, 7) is 6.19. The van der Waals surface area contributed by atoms with Gasteiger partial charge in [-0.2, -0.15) is 0 Å². The molecule has 2 aromatic rings. The van der Waals surface area contributed by atoms with Crippen molar-refractivity contribution in [1.29, 1.82) is 0 Å². The lowest BCUT2D eigenvalue weighted by atomic mass is 10.1. The molecule has 158 valence electrons. The number of carbonyl (C=O) groups excluding carboxylic acids is 1. The predicted octanol–water partition coefficient (Wildman–Crippen LogP) is 3.33. The number of nitrogens with one attached hydrogen (secondary N) is 1. The molecule has 1 amide bonds. The van der Waals surface area contributed by atoms with Gasteiger partial charge < -0.3 is 10.2 Å². The number of fused-ring (bicyclic) bond motifs is 1. The van der Waals surface area contributed by atoms with Crippen molar-refractivity contribution >= 4 is 44.0 Å². The molecule has 0 aliphatic carbocycles. The summed E-state index contributed by atoms with van der Waals surface area (Å²) in [4.78, 5) is 19.4. The highest BCUT2D eigenvalue weighted by Crippen LogP contribution is 2.37. The summed E-state index contributed by atoms with van der Waals surface area (Å²) in [6.07, 6.45) is 0. The molecule has 1 fully saturated rings. The quantitative estimate of drug-likeness (QED) is 0.784. The average molecular weight is 444 g/mol. The maximum absolute atomic E-state index is 12.8. The largest absolute Gasteiger partial charge is 0.325 e. The van der Waals surface area contributed by atoms with Crippen LogP contribution in [0.4, 0.5) is 11.4 Å². The van der Waals surface area contributed by atoms with Gasteiger partial charge in [-0.15, -0.1) is 0 Å². The Bertz CT molecular complexity index is 1110. The average Bonchev–Trinajstić information content (AvgIpc) is 3.17. The zero-order chi connectivity index (χ0) is 21.5. The van der Waals surface area contributed by atoms with Gasteiger partial charge >= 0.3 is 0 Å². The van der Waals surface area contributed by atoms with E-state index in [1.54, 1.807) is 0 Å². The van der Waals surface area contributed by atoms with Crippen LogP contribution in [0.2, 0.25) is 0 Å². The molecule has 2 aliphatic rings. The van der Waals surface area contributed by atoms with E-state index in [0.29, 0.717) is 5.17 Å². The molecular formula is C22H25N3O3S2. The normalized spacial score (nSPS) is 21.8. The van der Waals surface area contributed by atoms with E-state index in [2.05, 4.69) is 5.32 Å². The maximum Gasteiger partial charge on any atom is 0.244 e. The zero-order valence-corrected chi connectivity index (χ0v) is 18.9. The van der Waals surface area contributed by atoms with Gasteiger partial charge in [-0.3, -0.25) is 9.79 Å². The van der Waals surface area contributed by atoms with Crippen LogP contribution in [-0.2, 0) is 14.6 Å². The molecule has 4 rings (SSSR count). The molecule has 1 N–H and O–H groups in total. The van der Waals surface area contributed by atoms with Crippen LogP contribution in [0.25, 0.3) is 0 Å². The highest BCUT2D eigenvalue weighted by Gasteiger charge is 2.44. The van der Waals surface area contributed by atoms with Crippen molar-refractivity contribution in [3.05, 3.63) is 59.2 Å². The van der Waals surface area contributed by atoms with Crippen LogP contribution < -0.4 is 10.2 Å². The molecule has 0 aromatic heterocycles. The first kappa shape index (κ1) is 20.9. The third-order valence-corrected chi connectivity index (χ3v) is 8.72. The Morgan fingerprint density at radius 3 is 2.50 bits per heavy atom. The Labute approximate surface area is 181 Å². The second-order valence-electron chi connectivity index (χ2n) is 7.98. The standard InChI is InChI=1S/C22H25N3O3S2/c1-14-4-7-17(8-5-14)23-21(26)11-25(18-9-6-15(2)16(3)10-18)22-24-19-12-30(27,28)13-20(19)29-22/h4-10,19-20H,11-13H2,1-3H3,(H,23,26)/t19-,20+/m1/s1. The van der Waals surface area contributed by atoms with Gasteiger partial charge in [-0.05, 0) is 56.2 Å². The highest BCUT2D eigenvalue weighted by atomic mass is 32.2. The molecule has 6 nitrogen and oxygen atoms in total. The fourth-order valence-electron chi connectivity index (χ4n) is 3.61. The van der Waals surface area contributed by atoms with Crippen LogP contribution in [0.15, 0.2) is 47.5 Å². The van der Waals surface area contributed by atoms with Crippen molar-refractivity contribution in [2.75, 3.05) is 28.3 Å². The molecule has 2 heterocycles. The van der Waals surface area contributed by atoms with Crippen LogP contribution >= 0.6 is 11.8 Å². The monoisotopic (exact) mass is 443 g/mol. The number of rotatable bonds is 4. The molecule has 0 saturated carbocycles. The fraction of sp³-hybridized carbons (Fsp3) is 0.364. The topological polar surface area (TPSA) is 78.8 Å². The Balaban J connectivity index is 1.58. The summed E-state index contributed by atoms with van der Waals surface area (Å²) < 4.78 is 23.8. The molecule has 2 aromatic carbocycles. The Kier molecular flexibility index (Phi) is 5.63. The lowest BCUT2D eigenvalue weighted by Crippen LogP contribution is -2.36. The van der Waals surface area contributed by atoms with E-state index in [1.807, 2.05) is 68.1 Å². The van der Waals surface area contributed by atoms with Gasteiger partial charge in [0.15, 0.2) is 15.0 Å². The highest BCUT2D eigenvalue weighted by molar-refractivity contribution is 8.15. The van der Waals surface area contributed by atoms with Crippen LogP contribution in [0.5, 0.6) is 0 Å². The van der Waals surface area contributed by atoms with Crippen molar-refractivity contribution < 1.29 is 13.2 Å². The van der Waals surface area contributed by atoms with Gasteiger partial charge in [-0.25, -0.2) is 8.42 Å². The van der Waals surface area contributed by atoms with Crippen LogP contribution in [0.3, 0.4) is 0 Å². The summed E-state index contributed by atoms with van der Waals surface area (Å²) in [5.74, 6) is 0.0842. The Morgan fingerprint density at radius 2 is 1.83 bits per heavy atom. The van der Waals surface area contributed by atoms with Crippen molar-refractivity contribution in [2.24, 2.45) is 4.99 Å². The summed E-state index contributed by atoms with van der Waals surface area (Å²) in [5.41, 5.74) is 5.05. The lowest BCUT2D eigenvalue weighted by Gasteiger charge is -2.25. The van der Waals surface area contributed by atoms with E-state index in [-0.39, 0.29) is 35.2 Å². The minimum atomic E-state index is -3.02. The number of amidine groups is 1. The molecule has 0 bridgehead atoms. The number of sulfone groups is 1. The number of hydrogen-bond acceptors (Lipinski definition) is 6. The third-order valence-electron chi connectivity index (χ3n) is 5.48. The number of benzene rings is 2. The number of amides is 1. The van der Waals surface area contributed by atoms with Gasteiger partial charge in [0.2, 0.25) is 5.91 Å². The van der Waals surface area contributed by atoms with E-state index in [0.717, 1.165) is 22.5 Å². The molecule has 30 heavy (non-hydrogen) atoms. The first-order valence-electron chi connectivity index (χ1n) is 9.86. The molecule has 0 radical (unpaired) electrons. The van der Waals surface area contributed by atoms with Crippen molar-refractivity contribution in [2.45, 2.75) is 32.1 Å². The summed E-state index contributed by atoms with van der Waals surface area (Å²) in [5, 5.41) is 3.58. The van der Waals surface area contributed by atoms with Crippen molar-refractivity contribution in [3.63, 3.8) is 0 Å². The van der Waals surface area contributed by atoms with Crippen molar-refractivity contribution in [3.8, 4) is 0 Å². The number of carbonyl (C=O) groups is 1. The van der Waals surface area contributed by atoms with E-state index in [4.69, 9.17) is 4.99 Å². The van der Waals surface area contributed by atoms with Gasteiger partial charge in [0.1, 0.15) is 6.54 Å². The molecule has 0 unspecified atom stereocenters. The second kappa shape index (κ2) is 8.07. The molecule has 2 atom stereocenters. The molecular weight excluding hydrogens is 418 g/mol. The number of anilines is 2. The predicted molar refractivity (Wildman–Crippen MR) is 124 cm³/mol. The first-order chi connectivity index (χ1) is 14.2. The smallest absolute Gasteiger partial charge is 0.244 e. The third kappa shape index (κ3) is 4.54. The molecule has 2 aliphatic heterocycles.